The van der Waals surface area contributed by atoms with E-state index in [4.69, 9.17) is 15.9 Å². The van der Waals surface area contributed by atoms with Gasteiger partial charge in [0, 0.05) is 12.3 Å². The summed E-state index contributed by atoms with van der Waals surface area (Å²) in [5.41, 5.74) is 5.67. The maximum atomic E-state index is 12.6. The molecule has 7 N–H and O–H groups in total. The van der Waals surface area contributed by atoms with Crippen LogP contribution in [0, 0.1) is 0 Å². The number of aliphatic hydroxyl groups is 1. The van der Waals surface area contributed by atoms with Gasteiger partial charge >= 0.3 is 11.9 Å². The first-order valence-electron chi connectivity index (χ1n) is 8.89. The van der Waals surface area contributed by atoms with Gasteiger partial charge in [-0.1, -0.05) is 0 Å². The first-order chi connectivity index (χ1) is 13.5. The number of amides is 3. The highest BCUT2D eigenvalue weighted by Crippen LogP contribution is 2.19. The van der Waals surface area contributed by atoms with E-state index in [9.17, 15) is 29.1 Å². The van der Waals surface area contributed by atoms with Crippen LogP contribution in [0.4, 0.5) is 0 Å². The molecule has 0 radical (unpaired) electrons. The number of likely N-dealkylation sites (tertiary alicyclic amines) is 1. The van der Waals surface area contributed by atoms with Gasteiger partial charge in [0.15, 0.2) is 0 Å². The first kappa shape index (κ1) is 24.7. The normalized spacial score (nSPS) is 20.3. The lowest BCUT2D eigenvalue weighted by atomic mass is 10.1. The summed E-state index contributed by atoms with van der Waals surface area (Å²) in [6.07, 6.45) is -1.44. The number of carbonyl (C=O) groups is 5. The van der Waals surface area contributed by atoms with Crippen molar-refractivity contribution in [2.24, 2.45) is 5.73 Å². The molecule has 0 aliphatic carbocycles. The van der Waals surface area contributed by atoms with Crippen LogP contribution in [-0.4, -0.2) is 92.4 Å². The Morgan fingerprint density at radius 1 is 1.21 bits per heavy atom. The monoisotopic (exact) mass is 434 g/mol. The van der Waals surface area contributed by atoms with Crippen molar-refractivity contribution < 1.29 is 39.3 Å². The lowest BCUT2D eigenvalue weighted by Crippen LogP contribution is -2.59. The highest BCUT2D eigenvalue weighted by Gasteiger charge is 2.38. The second-order valence-corrected chi connectivity index (χ2v) is 7.07. The molecule has 1 saturated heterocycles. The predicted molar refractivity (Wildman–Crippen MR) is 102 cm³/mol. The molecule has 1 rings (SSSR count). The molecule has 0 saturated carbocycles. The minimum atomic E-state index is -1.74. The van der Waals surface area contributed by atoms with Crippen LogP contribution in [0.2, 0.25) is 0 Å². The molecule has 0 bridgehead atoms. The molecular weight excluding hydrogens is 408 g/mol. The summed E-state index contributed by atoms with van der Waals surface area (Å²) < 4.78 is 0. The fourth-order valence-corrected chi connectivity index (χ4v) is 3.04. The number of aliphatic carboxylic acids is 2. The Morgan fingerprint density at radius 3 is 2.31 bits per heavy atom. The van der Waals surface area contributed by atoms with Crippen LogP contribution in [0.3, 0.4) is 0 Å². The quantitative estimate of drug-likeness (QED) is 0.177. The Balaban J connectivity index is 2.88. The Hall–Kier alpha value is -2.38. The van der Waals surface area contributed by atoms with Crippen LogP contribution in [0.15, 0.2) is 0 Å². The molecule has 13 heteroatoms. The molecule has 5 unspecified atom stereocenters. The van der Waals surface area contributed by atoms with E-state index in [0.29, 0.717) is 19.4 Å². The van der Waals surface area contributed by atoms with Crippen LogP contribution in [0.25, 0.3) is 0 Å². The number of carbonyl (C=O) groups excluding carboxylic acids is 3. The summed E-state index contributed by atoms with van der Waals surface area (Å²) in [5.74, 6) is -5.19. The van der Waals surface area contributed by atoms with Gasteiger partial charge in [-0.2, -0.15) is 12.6 Å². The van der Waals surface area contributed by atoms with Gasteiger partial charge in [0.05, 0.1) is 18.6 Å². The van der Waals surface area contributed by atoms with Crippen molar-refractivity contribution in [2.75, 3.05) is 12.3 Å². The zero-order chi connectivity index (χ0) is 22.3. The molecule has 164 valence electrons. The number of aliphatic hydroxyl groups excluding tert-OH is 1. The van der Waals surface area contributed by atoms with Crippen molar-refractivity contribution in [1.82, 2.24) is 15.5 Å². The van der Waals surface area contributed by atoms with Gasteiger partial charge in [0.2, 0.25) is 17.7 Å². The van der Waals surface area contributed by atoms with Gasteiger partial charge in [-0.25, -0.2) is 4.79 Å². The van der Waals surface area contributed by atoms with Gasteiger partial charge in [-0.3, -0.25) is 19.2 Å². The van der Waals surface area contributed by atoms with Crippen molar-refractivity contribution in [2.45, 2.75) is 56.5 Å². The number of thiol groups is 1. The van der Waals surface area contributed by atoms with Crippen molar-refractivity contribution in [1.29, 1.82) is 0 Å². The van der Waals surface area contributed by atoms with Crippen molar-refractivity contribution >= 4 is 42.3 Å². The number of nitrogens with two attached hydrogens (primary N) is 1. The number of hydrogen-bond acceptors (Lipinski definition) is 8. The first-order valence-corrected chi connectivity index (χ1v) is 9.53. The van der Waals surface area contributed by atoms with Crippen LogP contribution < -0.4 is 16.4 Å². The lowest BCUT2D eigenvalue weighted by Gasteiger charge is -2.29. The fraction of sp³-hybridized carbons (Fsp3) is 0.688. The number of rotatable bonds is 10. The predicted octanol–water partition coefficient (Wildman–Crippen LogP) is -2.86. The number of nitrogens with one attached hydrogen (secondary N) is 2. The summed E-state index contributed by atoms with van der Waals surface area (Å²) in [5, 5.41) is 31.9. The Kier molecular flexibility index (Phi) is 9.33. The van der Waals surface area contributed by atoms with E-state index in [-0.39, 0.29) is 5.75 Å². The smallest absolute Gasteiger partial charge is 0.326 e. The van der Waals surface area contributed by atoms with E-state index in [0.717, 1.165) is 0 Å². The zero-order valence-electron chi connectivity index (χ0n) is 15.8. The maximum absolute atomic E-state index is 12.6. The molecule has 0 spiro atoms. The van der Waals surface area contributed by atoms with Gasteiger partial charge in [-0.15, -0.1) is 0 Å². The van der Waals surface area contributed by atoms with Crippen LogP contribution in [-0.2, 0) is 24.0 Å². The maximum Gasteiger partial charge on any atom is 0.326 e. The van der Waals surface area contributed by atoms with Gasteiger partial charge < -0.3 is 36.6 Å². The van der Waals surface area contributed by atoms with Crippen molar-refractivity contribution in [3.63, 3.8) is 0 Å². The molecule has 1 fully saturated rings. The summed E-state index contributed by atoms with van der Waals surface area (Å²) >= 11 is 3.96. The molecule has 5 atom stereocenters. The van der Waals surface area contributed by atoms with Gasteiger partial charge in [-0.05, 0) is 19.8 Å². The van der Waals surface area contributed by atoms with Crippen LogP contribution in [0.1, 0.15) is 26.2 Å². The van der Waals surface area contributed by atoms with Crippen molar-refractivity contribution in [3.05, 3.63) is 0 Å². The number of carboxylic acids is 2. The Morgan fingerprint density at radius 2 is 1.83 bits per heavy atom. The fourth-order valence-electron chi connectivity index (χ4n) is 2.89. The molecule has 1 aliphatic heterocycles. The third kappa shape index (κ3) is 6.87. The number of hydrogen-bond donors (Lipinski definition) is 7. The van der Waals surface area contributed by atoms with E-state index < -0.39 is 66.4 Å². The molecule has 1 aliphatic rings. The standard InChI is InChI=1S/C16H26N4O8S/c1-7(21)12(14(25)18-9(16(27)28)5-11(22)23)19-13(24)10-3-2-4-20(10)15(26)8(17)6-29/h7-10,12,21,29H,2-6,17H2,1H3,(H,18,25)(H,19,24)(H,22,23)(H,27,28). The summed E-state index contributed by atoms with van der Waals surface area (Å²) in [4.78, 5) is 60.4. The molecule has 1 heterocycles. The zero-order valence-corrected chi connectivity index (χ0v) is 16.7. The molecule has 12 nitrogen and oxygen atoms in total. The van der Waals surface area contributed by atoms with Crippen molar-refractivity contribution in [3.8, 4) is 0 Å². The number of nitrogens with zero attached hydrogens (tertiary/aromatic N) is 1. The second-order valence-electron chi connectivity index (χ2n) is 6.70. The average molecular weight is 434 g/mol. The molecule has 3 amide bonds. The molecule has 0 aromatic heterocycles. The highest BCUT2D eigenvalue weighted by atomic mass is 32.1. The molecule has 29 heavy (non-hydrogen) atoms. The van der Waals surface area contributed by atoms with Crippen LogP contribution in [0.5, 0.6) is 0 Å². The summed E-state index contributed by atoms with van der Waals surface area (Å²) in [6, 6.07) is -5.09. The van der Waals surface area contributed by atoms with E-state index in [1.807, 2.05) is 5.32 Å². The van der Waals surface area contributed by atoms with Gasteiger partial charge in [0.25, 0.3) is 0 Å². The van der Waals surface area contributed by atoms with E-state index in [1.54, 1.807) is 0 Å². The Bertz CT molecular complexity index is 659. The largest absolute Gasteiger partial charge is 0.481 e. The average Bonchev–Trinajstić information content (AvgIpc) is 3.12. The second kappa shape index (κ2) is 11.0. The van der Waals surface area contributed by atoms with Gasteiger partial charge in [0.1, 0.15) is 18.1 Å². The SMILES string of the molecule is CC(O)C(NC(=O)C1CCCN1C(=O)C(N)CS)C(=O)NC(CC(=O)O)C(=O)O. The third-order valence-corrected chi connectivity index (χ3v) is 4.80. The molecule has 0 aromatic carbocycles. The van der Waals surface area contributed by atoms with E-state index >= 15 is 0 Å². The van der Waals surface area contributed by atoms with E-state index in [2.05, 4.69) is 17.9 Å². The molecular formula is C16H26N4O8S. The summed E-state index contributed by atoms with van der Waals surface area (Å²) in [6.45, 7) is 1.50. The summed E-state index contributed by atoms with van der Waals surface area (Å²) in [7, 11) is 0. The molecule has 0 aromatic rings. The van der Waals surface area contributed by atoms with Crippen LogP contribution >= 0.6 is 12.6 Å². The van der Waals surface area contributed by atoms with E-state index in [1.165, 1.54) is 11.8 Å². The lowest BCUT2D eigenvalue weighted by molar-refractivity contribution is -0.148. The third-order valence-electron chi connectivity index (χ3n) is 4.41. The minimum Gasteiger partial charge on any atom is -0.481 e. The minimum absolute atomic E-state index is 0.0858. The highest BCUT2D eigenvalue weighted by molar-refractivity contribution is 7.80. The number of carboxylic acid groups (broad SMARTS) is 2. The topological polar surface area (TPSA) is 199 Å². The Labute approximate surface area is 172 Å².